The van der Waals surface area contributed by atoms with E-state index in [9.17, 15) is 4.79 Å². The van der Waals surface area contributed by atoms with Crippen LogP contribution in [0.15, 0.2) is 24.3 Å². The zero-order valence-corrected chi connectivity index (χ0v) is 11.8. The monoisotopic (exact) mass is 248 g/mol. The van der Waals surface area contributed by atoms with Gasteiger partial charge < -0.3 is 10.6 Å². The number of amides is 1. The zero-order valence-electron chi connectivity index (χ0n) is 11.8. The highest BCUT2D eigenvalue weighted by Crippen LogP contribution is 2.09. The quantitative estimate of drug-likeness (QED) is 0.812. The Morgan fingerprint density at radius 3 is 2.61 bits per heavy atom. The summed E-state index contributed by atoms with van der Waals surface area (Å²) in [6.07, 6.45) is 1.04. The lowest BCUT2D eigenvalue weighted by Gasteiger charge is -2.20. The van der Waals surface area contributed by atoms with Gasteiger partial charge in [0.1, 0.15) is 0 Å². The third kappa shape index (κ3) is 4.88. The number of aryl methyl sites for hydroxylation is 1. The van der Waals surface area contributed by atoms with Crippen LogP contribution >= 0.6 is 0 Å². The third-order valence-electron chi connectivity index (χ3n) is 3.07. The van der Waals surface area contributed by atoms with Crippen LogP contribution in [0.1, 0.15) is 32.8 Å². The number of carbonyl (C=O) groups excluding carboxylic acids is 1. The summed E-state index contributed by atoms with van der Waals surface area (Å²) in [6.45, 7) is 8.85. The van der Waals surface area contributed by atoms with Crippen LogP contribution in [0.2, 0.25) is 0 Å². The van der Waals surface area contributed by atoms with Crippen molar-refractivity contribution in [3.8, 4) is 0 Å². The second-order valence-corrected chi connectivity index (χ2v) is 5.06. The molecule has 3 heteroatoms. The molecule has 1 rings (SSSR count). The standard InChI is InChI=1S/C15H24N2O/c1-5-14(11(2)3)16-10-15(18)17-13-8-6-7-12(4)9-13/h6-9,11,14,16H,5,10H2,1-4H3,(H,17,18). The van der Waals surface area contributed by atoms with Gasteiger partial charge in [-0.3, -0.25) is 4.79 Å². The van der Waals surface area contributed by atoms with Crippen molar-refractivity contribution in [3.63, 3.8) is 0 Å². The molecule has 0 saturated heterocycles. The summed E-state index contributed by atoms with van der Waals surface area (Å²) in [5.41, 5.74) is 2.01. The first-order chi connectivity index (χ1) is 8.52. The van der Waals surface area contributed by atoms with Gasteiger partial charge in [-0.1, -0.05) is 32.9 Å². The Morgan fingerprint density at radius 2 is 2.06 bits per heavy atom. The molecule has 3 nitrogen and oxygen atoms in total. The lowest BCUT2D eigenvalue weighted by atomic mass is 10.0. The largest absolute Gasteiger partial charge is 0.325 e. The molecule has 1 aromatic rings. The lowest BCUT2D eigenvalue weighted by Crippen LogP contribution is -2.38. The maximum Gasteiger partial charge on any atom is 0.238 e. The molecule has 1 unspecified atom stereocenters. The Balaban J connectivity index is 2.42. The molecule has 0 aliphatic rings. The van der Waals surface area contributed by atoms with E-state index in [0.29, 0.717) is 18.5 Å². The van der Waals surface area contributed by atoms with Crippen molar-refractivity contribution < 1.29 is 4.79 Å². The van der Waals surface area contributed by atoms with Crippen LogP contribution in [0.4, 0.5) is 5.69 Å². The van der Waals surface area contributed by atoms with Gasteiger partial charge in [0.2, 0.25) is 5.91 Å². The number of benzene rings is 1. The van der Waals surface area contributed by atoms with E-state index >= 15 is 0 Å². The molecule has 2 N–H and O–H groups in total. The summed E-state index contributed by atoms with van der Waals surface area (Å²) in [5.74, 6) is 0.557. The summed E-state index contributed by atoms with van der Waals surface area (Å²) in [7, 11) is 0. The van der Waals surface area contributed by atoms with E-state index < -0.39 is 0 Å². The second kappa shape index (κ2) is 7.17. The molecule has 1 amide bonds. The fraction of sp³-hybridized carbons (Fsp3) is 0.533. The SMILES string of the molecule is CCC(NCC(=O)Nc1cccc(C)c1)C(C)C. The number of carbonyl (C=O) groups is 1. The summed E-state index contributed by atoms with van der Waals surface area (Å²) in [4.78, 5) is 11.8. The van der Waals surface area contributed by atoms with Gasteiger partial charge in [0.05, 0.1) is 6.54 Å². The van der Waals surface area contributed by atoms with Gasteiger partial charge in [-0.2, -0.15) is 0 Å². The summed E-state index contributed by atoms with van der Waals surface area (Å²) < 4.78 is 0. The Kier molecular flexibility index (Phi) is 5.86. The van der Waals surface area contributed by atoms with E-state index in [-0.39, 0.29) is 5.91 Å². The average Bonchev–Trinajstić information content (AvgIpc) is 2.29. The molecule has 0 radical (unpaired) electrons. The second-order valence-electron chi connectivity index (χ2n) is 5.06. The number of nitrogens with one attached hydrogen (secondary N) is 2. The average molecular weight is 248 g/mol. The van der Waals surface area contributed by atoms with Crippen LogP contribution in [-0.4, -0.2) is 18.5 Å². The molecule has 0 fully saturated rings. The minimum Gasteiger partial charge on any atom is -0.325 e. The Morgan fingerprint density at radius 1 is 1.33 bits per heavy atom. The molecule has 0 bridgehead atoms. The van der Waals surface area contributed by atoms with Crippen molar-refractivity contribution in [1.29, 1.82) is 0 Å². The minimum atomic E-state index is 0.0136. The lowest BCUT2D eigenvalue weighted by molar-refractivity contribution is -0.115. The van der Waals surface area contributed by atoms with Gasteiger partial charge >= 0.3 is 0 Å². The third-order valence-corrected chi connectivity index (χ3v) is 3.07. The number of hydrogen-bond acceptors (Lipinski definition) is 2. The molecule has 0 heterocycles. The Bertz CT molecular complexity index is 388. The molecule has 100 valence electrons. The summed E-state index contributed by atoms with van der Waals surface area (Å²) in [5, 5.41) is 6.19. The van der Waals surface area contributed by atoms with Crippen LogP contribution in [0.5, 0.6) is 0 Å². The van der Waals surface area contributed by atoms with Gasteiger partial charge in [-0.25, -0.2) is 0 Å². The first kappa shape index (κ1) is 14.7. The fourth-order valence-electron chi connectivity index (χ4n) is 2.00. The predicted octanol–water partition coefficient (Wildman–Crippen LogP) is 2.96. The number of hydrogen-bond donors (Lipinski definition) is 2. The normalized spacial score (nSPS) is 12.5. The van der Waals surface area contributed by atoms with Crippen molar-refractivity contribution in [1.82, 2.24) is 5.32 Å². The van der Waals surface area contributed by atoms with E-state index in [1.807, 2.05) is 31.2 Å². The van der Waals surface area contributed by atoms with Crippen LogP contribution in [0.25, 0.3) is 0 Å². The zero-order chi connectivity index (χ0) is 13.5. The molecular formula is C15H24N2O. The number of rotatable bonds is 6. The van der Waals surface area contributed by atoms with Gasteiger partial charge in [-0.15, -0.1) is 0 Å². The van der Waals surface area contributed by atoms with E-state index in [0.717, 1.165) is 17.7 Å². The van der Waals surface area contributed by atoms with E-state index in [1.54, 1.807) is 0 Å². The van der Waals surface area contributed by atoms with Gasteiger partial charge in [0, 0.05) is 11.7 Å². The van der Waals surface area contributed by atoms with Crippen LogP contribution < -0.4 is 10.6 Å². The molecular weight excluding hydrogens is 224 g/mol. The Hall–Kier alpha value is -1.35. The molecule has 0 aromatic heterocycles. The molecule has 18 heavy (non-hydrogen) atoms. The maximum absolute atomic E-state index is 11.8. The highest BCUT2D eigenvalue weighted by atomic mass is 16.1. The van der Waals surface area contributed by atoms with Crippen molar-refractivity contribution >= 4 is 11.6 Å². The van der Waals surface area contributed by atoms with Crippen molar-refractivity contribution in [2.75, 3.05) is 11.9 Å². The smallest absolute Gasteiger partial charge is 0.238 e. The van der Waals surface area contributed by atoms with Crippen molar-refractivity contribution in [2.45, 2.75) is 40.2 Å². The highest BCUT2D eigenvalue weighted by molar-refractivity contribution is 5.92. The van der Waals surface area contributed by atoms with E-state index in [1.165, 1.54) is 0 Å². The minimum absolute atomic E-state index is 0.0136. The molecule has 0 aliphatic carbocycles. The van der Waals surface area contributed by atoms with Crippen LogP contribution in [0.3, 0.4) is 0 Å². The van der Waals surface area contributed by atoms with Gasteiger partial charge in [-0.05, 0) is 37.0 Å². The molecule has 0 saturated carbocycles. The first-order valence-corrected chi connectivity index (χ1v) is 6.62. The van der Waals surface area contributed by atoms with Crippen molar-refractivity contribution in [3.05, 3.63) is 29.8 Å². The molecule has 1 atom stereocenters. The fourth-order valence-corrected chi connectivity index (χ4v) is 2.00. The first-order valence-electron chi connectivity index (χ1n) is 6.62. The topological polar surface area (TPSA) is 41.1 Å². The Labute approximate surface area is 110 Å². The van der Waals surface area contributed by atoms with E-state index in [2.05, 4.69) is 31.4 Å². The molecule has 0 spiro atoms. The van der Waals surface area contributed by atoms with Gasteiger partial charge in [0.25, 0.3) is 0 Å². The van der Waals surface area contributed by atoms with Crippen LogP contribution in [-0.2, 0) is 4.79 Å². The highest BCUT2D eigenvalue weighted by Gasteiger charge is 2.11. The summed E-state index contributed by atoms with van der Waals surface area (Å²) >= 11 is 0. The maximum atomic E-state index is 11.8. The van der Waals surface area contributed by atoms with Crippen LogP contribution in [0, 0.1) is 12.8 Å². The summed E-state index contributed by atoms with van der Waals surface area (Å²) in [6, 6.07) is 8.23. The molecule has 1 aromatic carbocycles. The van der Waals surface area contributed by atoms with Crippen molar-refractivity contribution in [2.24, 2.45) is 5.92 Å². The van der Waals surface area contributed by atoms with E-state index in [4.69, 9.17) is 0 Å². The number of anilines is 1. The predicted molar refractivity (Wildman–Crippen MR) is 76.7 cm³/mol. The molecule has 0 aliphatic heterocycles. The van der Waals surface area contributed by atoms with Gasteiger partial charge in [0.15, 0.2) is 0 Å².